The van der Waals surface area contributed by atoms with Gasteiger partial charge in [-0.3, -0.25) is 0 Å². The molecule has 0 radical (unpaired) electrons. The van der Waals surface area contributed by atoms with Gasteiger partial charge in [0.1, 0.15) is 5.02 Å². The Bertz CT molecular complexity index is 636. The summed E-state index contributed by atoms with van der Waals surface area (Å²) < 4.78 is 10.6. The van der Waals surface area contributed by atoms with Gasteiger partial charge in [-0.05, 0) is 19.1 Å². The summed E-state index contributed by atoms with van der Waals surface area (Å²) in [5.41, 5.74) is 0.817. The van der Waals surface area contributed by atoms with E-state index in [4.69, 9.17) is 21.1 Å². The van der Waals surface area contributed by atoms with Gasteiger partial charge in [-0.1, -0.05) is 11.6 Å². The van der Waals surface area contributed by atoms with Crippen LogP contribution in [0, 0.1) is 0 Å². The third kappa shape index (κ3) is 2.55. The van der Waals surface area contributed by atoms with Gasteiger partial charge < -0.3 is 20.1 Å². The largest absolute Gasteiger partial charge is 0.454 e. The smallest absolute Gasteiger partial charge is 0.231 e. The van der Waals surface area contributed by atoms with E-state index in [9.17, 15) is 0 Å². The Kier molecular flexibility index (Phi) is 3.47. The minimum absolute atomic E-state index is 0.248. The van der Waals surface area contributed by atoms with Crippen molar-refractivity contribution in [1.82, 2.24) is 9.97 Å². The number of anilines is 3. The first-order valence-corrected chi connectivity index (χ1v) is 6.57. The highest BCUT2D eigenvalue weighted by Crippen LogP contribution is 2.35. The van der Waals surface area contributed by atoms with Crippen molar-refractivity contribution in [2.75, 3.05) is 24.0 Å². The Balaban J connectivity index is 1.85. The Morgan fingerprint density at radius 1 is 1.30 bits per heavy atom. The molecule has 2 aromatic rings. The molecule has 0 spiro atoms. The van der Waals surface area contributed by atoms with Crippen LogP contribution in [0.2, 0.25) is 5.02 Å². The van der Waals surface area contributed by atoms with Crippen molar-refractivity contribution in [2.24, 2.45) is 0 Å². The molecule has 1 aromatic heterocycles. The number of hydrogen-bond donors (Lipinski definition) is 2. The van der Waals surface area contributed by atoms with E-state index in [1.807, 2.05) is 25.1 Å². The van der Waals surface area contributed by atoms with E-state index in [1.165, 1.54) is 0 Å². The van der Waals surface area contributed by atoms with E-state index in [0.717, 1.165) is 18.0 Å². The molecule has 0 amide bonds. The van der Waals surface area contributed by atoms with Crippen molar-refractivity contribution in [1.29, 1.82) is 0 Å². The third-order valence-corrected chi connectivity index (χ3v) is 2.99. The van der Waals surface area contributed by atoms with Gasteiger partial charge in [0, 0.05) is 18.3 Å². The molecule has 0 bridgehead atoms. The van der Waals surface area contributed by atoms with Crippen LogP contribution in [0.4, 0.5) is 17.5 Å². The first-order chi connectivity index (χ1) is 9.76. The fourth-order valence-electron chi connectivity index (χ4n) is 1.81. The van der Waals surface area contributed by atoms with Gasteiger partial charge >= 0.3 is 0 Å². The highest BCUT2D eigenvalue weighted by molar-refractivity contribution is 6.32. The molecule has 7 heteroatoms. The lowest BCUT2D eigenvalue weighted by molar-refractivity contribution is 0.174. The molecular weight excluding hydrogens is 280 g/mol. The van der Waals surface area contributed by atoms with Crippen LogP contribution in [0.25, 0.3) is 0 Å². The zero-order valence-electron chi connectivity index (χ0n) is 10.8. The van der Waals surface area contributed by atoms with Gasteiger partial charge in [-0.25, -0.2) is 4.98 Å². The maximum atomic E-state index is 6.09. The first kappa shape index (κ1) is 12.8. The van der Waals surface area contributed by atoms with Gasteiger partial charge in [0.25, 0.3) is 0 Å². The van der Waals surface area contributed by atoms with Crippen molar-refractivity contribution >= 4 is 29.1 Å². The second-order valence-corrected chi connectivity index (χ2v) is 4.52. The number of halogens is 1. The summed E-state index contributed by atoms with van der Waals surface area (Å²) in [6.45, 7) is 2.96. The summed E-state index contributed by atoms with van der Waals surface area (Å²) in [6, 6.07) is 5.55. The standard InChI is InChI=1S/C13H13ClN4O2/c1-2-15-13-16-6-9(14)12(18-13)17-8-3-4-10-11(5-8)20-7-19-10/h3-6H,2,7H2,1H3,(H2,15,16,17,18). The summed E-state index contributed by atoms with van der Waals surface area (Å²) in [5.74, 6) is 2.50. The van der Waals surface area contributed by atoms with E-state index >= 15 is 0 Å². The topological polar surface area (TPSA) is 68.3 Å². The van der Waals surface area contributed by atoms with Crippen LogP contribution in [-0.4, -0.2) is 23.3 Å². The molecule has 0 fully saturated rings. The van der Waals surface area contributed by atoms with E-state index in [-0.39, 0.29) is 6.79 Å². The highest BCUT2D eigenvalue weighted by atomic mass is 35.5. The molecule has 20 heavy (non-hydrogen) atoms. The molecule has 3 rings (SSSR count). The molecule has 2 heterocycles. The predicted molar refractivity (Wildman–Crippen MR) is 77.1 cm³/mol. The maximum absolute atomic E-state index is 6.09. The van der Waals surface area contributed by atoms with Crippen molar-refractivity contribution in [3.05, 3.63) is 29.4 Å². The molecule has 1 aromatic carbocycles. The molecular formula is C13H13ClN4O2. The maximum Gasteiger partial charge on any atom is 0.231 e. The lowest BCUT2D eigenvalue weighted by atomic mass is 10.3. The number of fused-ring (bicyclic) bond motifs is 1. The van der Waals surface area contributed by atoms with Gasteiger partial charge in [0.15, 0.2) is 17.3 Å². The Morgan fingerprint density at radius 3 is 3.00 bits per heavy atom. The van der Waals surface area contributed by atoms with Crippen LogP contribution in [0.15, 0.2) is 24.4 Å². The van der Waals surface area contributed by atoms with Gasteiger partial charge in [0.2, 0.25) is 12.7 Å². The average molecular weight is 293 g/mol. The lowest BCUT2D eigenvalue weighted by Gasteiger charge is -2.09. The molecule has 0 unspecified atom stereocenters. The average Bonchev–Trinajstić information content (AvgIpc) is 2.90. The molecule has 0 saturated carbocycles. The number of nitrogens with one attached hydrogen (secondary N) is 2. The summed E-state index contributed by atoms with van der Waals surface area (Å²) in [7, 11) is 0. The highest BCUT2D eigenvalue weighted by Gasteiger charge is 2.14. The van der Waals surface area contributed by atoms with Crippen LogP contribution >= 0.6 is 11.6 Å². The normalized spacial score (nSPS) is 12.3. The fraction of sp³-hybridized carbons (Fsp3) is 0.231. The van der Waals surface area contributed by atoms with E-state index in [1.54, 1.807) is 6.20 Å². The quantitative estimate of drug-likeness (QED) is 0.903. The zero-order valence-corrected chi connectivity index (χ0v) is 11.6. The predicted octanol–water partition coefficient (Wildman–Crippen LogP) is 3.03. The minimum atomic E-state index is 0.248. The van der Waals surface area contributed by atoms with Gasteiger partial charge in [-0.15, -0.1) is 0 Å². The molecule has 1 aliphatic rings. The van der Waals surface area contributed by atoms with Crippen LogP contribution < -0.4 is 20.1 Å². The summed E-state index contributed by atoms with van der Waals surface area (Å²) in [5, 5.41) is 6.63. The number of ether oxygens (including phenoxy) is 2. The molecule has 1 aliphatic heterocycles. The van der Waals surface area contributed by atoms with Gasteiger partial charge in [0.05, 0.1) is 6.20 Å². The number of benzene rings is 1. The number of hydrogen-bond acceptors (Lipinski definition) is 6. The summed E-state index contributed by atoms with van der Waals surface area (Å²) >= 11 is 6.09. The van der Waals surface area contributed by atoms with E-state index in [0.29, 0.717) is 22.5 Å². The second-order valence-electron chi connectivity index (χ2n) is 4.11. The van der Waals surface area contributed by atoms with Crippen LogP contribution in [0.1, 0.15) is 6.92 Å². The fourth-order valence-corrected chi connectivity index (χ4v) is 1.95. The Labute approximate surface area is 121 Å². The summed E-state index contributed by atoms with van der Waals surface area (Å²) in [6.07, 6.45) is 1.56. The monoisotopic (exact) mass is 292 g/mol. The SMILES string of the molecule is CCNc1ncc(Cl)c(Nc2ccc3c(c2)OCO3)n1. The molecule has 0 atom stereocenters. The van der Waals surface area contributed by atoms with Crippen molar-refractivity contribution < 1.29 is 9.47 Å². The Hall–Kier alpha value is -2.21. The van der Waals surface area contributed by atoms with Crippen LogP contribution in [-0.2, 0) is 0 Å². The molecule has 0 saturated heterocycles. The van der Waals surface area contributed by atoms with Crippen LogP contribution in [0.5, 0.6) is 11.5 Å². The molecule has 2 N–H and O–H groups in total. The lowest BCUT2D eigenvalue weighted by Crippen LogP contribution is -2.04. The second kappa shape index (κ2) is 5.42. The van der Waals surface area contributed by atoms with Crippen LogP contribution in [0.3, 0.4) is 0 Å². The van der Waals surface area contributed by atoms with Gasteiger partial charge in [-0.2, -0.15) is 4.98 Å². The van der Waals surface area contributed by atoms with E-state index in [2.05, 4.69) is 20.6 Å². The zero-order chi connectivity index (χ0) is 13.9. The van der Waals surface area contributed by atoms with Crippen molar-refractivity contribution in [2.45, 2.75) is 6.92 Å². The Morgan fingerprint density at radius 2 is 2.15 bits per heavy atom. The van der Waals surface area contributed by atoms with E-state index < -0.39 is 0 Å². The third-order valence-electron chi connectivity index (χ3n) is 2.71. The molecule has 104 valence electrons. The first-order valence-electron chi connectivity index (χ1n) is 6.19. The minimum Gasteiger partial charge on any atom is -0.454 e. The summed E-state index contributed by atoms with van der Waals surface area (Å²) in [4.78, 5) is 8.40. The number of nitrogens with zero attached hydrogens (tertiary/aromatic N) is 2. The van der Waals surface area contributed by atoms with Crippen molar-refractivity contribution in [3.63, 3.8) is 0 Å². The molecule has 0 aliphatic carbocycles. The molecule has 6 nitrogen and oxygen atoms in total. The van der Waals surface area contributed by atoms with Crippen molar-refractivity contribution in [3.8, 4) is 11.5 Å². The number of rotatable bonds is 4. The number of aromatic nitrogens is 2.